The van der Waals surface area contributed by atoms with Gasteiger partial charge < -0.3 is 44.9 Å². The molecule has 2 amide bonds. The highest BCUT2D eigenvalue weighted by Crippen LogP contribution is 2.49. The van der Waals surface area contributed by atoms with E-state index in [1.54, 1.807) is 38.4 Å². The lowest BCUT2D eigenvalue weighted by Crippen LogP contribution is -2.56. The third-order valence-electron chi connectivity index (χ3n) is 8.14. The molecule has 4 heterocycles. The number of amides is 2. The molecule has 4 unspecified atom stereocenters. The van der Waals surface area contributed by atoms with E-state index in [1.165, 1.54) is 21.7 Å². The minimum absolute atomic E-state index is 0.0504. The number of phenolic OH excluding ortho intramolecular Hbond substituents is 2. The fourth-order valence-electron chi connectivity index (χ4n) is 6.38. The first-order chi connectivity index (χ1) is 19.6. The number of aromatic nitrogens is 2. The van der Waals surface area contributed by atoms with E-state index in [2.05, 4.69) is 4.98 Å². The zero-order valence-corrected chi connectivity index (χ0v) is 21.8. The number of benzene rings is 3. The van der Waals surface area contributed by atoms with E-state index < -0.39 is 49.1 Å². The summed E-state index contributed by atoms with van der Waals surface area (Å²) in [5.74, 6) is -1.56. The molecule has 1 saturated heterocycles. The zero-order valence-electron chi connectivity index (χ0n) is 21.8. The van der Waals surface area contributed by atoms with Crippen molar-refractivity contribution in [2.75, 3.05) is 20.7 Å². The molecule has 41 heavy (non-hydrogen) atoms. The maximum atomic E-state index is 13.9. The summed E-state index contributed by atoms with van der Waals surface area (Å²) in [6.45, 7) is -0.680. The van der Waals surface area contributed by atoms with Gasteiger partial charge in [0.15, 0.2) is 6.23 Å². The lowest BCUT2D eigenvalue weighted by atomic mass is 9.96. The number of aliphatic hydroxyl groups is 4. The molecule has 0 radical (unpaired) electrons. The third-order valence-corrected chi connectivity index (χ3v) is 8.14. The van der Waals surface area contributed by atoms with E-state index in [0.29, 0.717) is 21.7 Å². The number of nitrogens with one attached hydrogen (secondary N) is 1. The second kappa shape index (κ2) is 8.63. The lowest BCUT2D eigenvalue weighted by Gasteiger charge is -2.41. The maximum Gasteiger partial charge on any atom is 0.277 e. The summed E-state index contributed by atoms with van der Waals surface area (Å²) >= 11 is 0. The van der Waals surface area contributed by atoms with Gasteiger partial charge in [-0.3, -0.25) is 9.59 Å². The smallest absolute Gasteiger partial charge is 0.277 e. The van der Waals surface area contributed by atoms with Crippen molar-refractivity contribution in [3.63, 3.8) is 0 Å². The van der Waals surface area contributed by atoms with Crippen molar-refractivity contribution in [1.29, 1.82) is 0 Å². The van der Waals surface area contributed by atoms with Crippen LogP contribution in [-0.4, -0.2) is 107 Å². The number of aromatic amines is 1. The number of H-pyrrole nitrogens is 1. The second-order valence-electron chi connectivity index (χ2n) is 10.6. The number of rotatable bonds is 3. The molecule has 5 atom stereocenters. The molecule has 212 valence electrons. The normalized spacial score (nSPS) is 25.0. The number of hydrogen-bond acceptors (Lipinski definition) is 10. The topological polar surface area (TPSA) is 192 Å². The third kappa shape index (κ3) is 3.15. The van der Waals surface area contributed by atoms with E-state index in [0.717, 1.165) is 5.01 Å². The minimum atomic E-state index is -1.73. The molecule has 7 N–H and O–H groups in total. The molecule has 5 aromatic rings. The summed E-state index contributed by atoms with van der Waals surface area (Å²) in [6, 6.07) is 9.36. The van der Waals surface area contributed by atoms with Crippen molar-refractivity contribution < 1.29 is 45.0 Å². The van der Waals surface area contributed by atoms with Gasteiger partial charge in [-0.2, -0.15) is 0 Å². The van der Waals surface area contributed by atoms with Gasteiger partial charge in [0.25, 0.3) is 11.8 Å². The number of carbonyl (C=O) groups excluding carboxylic acids is 2. The van der Waals surface area contributed by atoms with Gasteiger partial charge in [-0.05, 0) is 12.1 Å². The van der Waals surface area contributed by atoms with E-state index in [4.69, 9.17) is 4.74 Å². The monoisotopic (exact) mass is 562 g/mol. The Kier molecular flexibility index (Phi) is 5.41. The standard InChI is InChI=1S/C28H26N4O9/c1-30(2)32-26(39)17-15-10-5-3-7-12(34)19(10)29-20(15)22-16(18(17)27(32)40)11-6-4-8-13(35)21(11)31(22)28-25(38)24(37)23(36)14(9-33)41-28/h3-8,14,23-25,28-29,33-38H,9H2,1-2H3/t14?,23-,24?,25?,28?/m1/s1. The van der Waals surface area contributed by atoms with Crippen LogP contribution in [0.5, 0.6) is 11.5 Å². The summed E-state index contributed by atoms with van der Waals surface area (Å²) in [7, 11) is 3.11. The first-order valence-corrected chi connectivity index (χ1v) is 12.9. The Morgan fingerprint density at radius 3 is 2.12 bits per heavy atom. The average molecular weight is 563 g/mol. The summed E-state index contributed by atoms with van der Waals surface area (Å²) in [5, 5.41) is 67.7. The van der Waals surface area contributed by atoms with E-state index in [-0.39, 0.29) is 44.6 Å². The van der Waals surface area contributed by atoms with Crippen LogP contribution in [0.2, 0.25) is 0 Å². The quantitative estimate of drug-likeness (QED) is 0.155. The highest BCUT2D eigenvalue weighted by atomic mass is 16.6. The van der Waals surface area contributed by atoms with E-state index in [9.17, 15) is 40.2 Å². The summed E-state index contributed by atoms with van der Waals surface area (Å²) in [6.07, 6.45) is -7.82. The molecule has 13 heteroatoms. The largest absolute Gasteiger partial charge is 0.506 e. The number of fused-ring (bicyclic) bond motifs is 10. The van der Waals surface area contributed by atoms with E-state index >= 15 is 0 Å². The molecule has 3 aromatic carbocycles. The number of hydrogen-bond donors (Lipinski definition) is 7. The number of nitrogens with zero attached hydrogens (tertiary/aromatic N) is 3. The average Bonchev–Trinajstić information content (AvgIpc) is 3.57. The fourth-order valence-corrected chi connectivity index (χ4v) is 6.38. The van der Waals surface area contributed by atoms with Crippen LogP contribution in [0.1, 0.15) is 26.9 Å². The van der Waals surface area contributed by atoms with Crippen LogP contribution in [0.25, 0.3) is 43.6 Å². The number of carbonyl (C=O) groups is 2. The Balaban J connectivity index is 1.73. The first kappa shape index (κ1) is 25.7. The van der Waals surface area contributed by atoms with Crippen LogP contribution in [-0.2, 0) is 4.74 Å². The number of phenols is 2. The number of hydrazine groups is 1. The van der Waals surface area contributed by atoms with Crippen molar-refractivity contribution in [2.24, 2.45) is 0 Å². The lowest BCUT2D eigenvalue weighted by molar-refractivity contribution is -0.249. The molecule has 0 saturated carbocycles. The molecule has 0 bridgehead atoms. The van der Waals surface area contributed by atoms with Crippen LogP contribution < -0.4 is 0 Å². The molecule has 2 aliphatic heterocycles. The van der Waals surface area contributed by atoms with Gasteiger partial charge in [-0.15, -0.1) is 0 Å². The van der Waals surface area contributed by atoms with Crippen molar-refractivity contribution in [3.8, 4) is 11.5 Å². The summed E-state index contributed by atoms with van der Waals surface area (Å²) in [5.41, 5.74) is 1.08. The number of aliphatic hydroxyl groups excluding tert-OH is 4. The Morgan fingerprint density at radius 1 is 0.829 bits per heavy atom. The molecule has 0 spiro atoms. The number of ether oxygens (including phenoxy) is 1. The van der Waals surface area contributed by atoms with Crippen molar-refractivity contribution in [3.05, 3.63) is 47.5 Å². The molecule has 7 rings (SSSR count). The van der Waals surface area contributed by atoms with Crippen LogP contribution in [0.3, 0.4) is 0 Å². The van der Waals surface area contributed by atoms with Crippen LogP contribution in [0, 0.1) is 0 Å². The Morgan fingerprint density at radius 2 is 1.46 bits per heavy atom. The molecular formula is C28H26N4O9. The van der Waals surface area contributed by atoms with Gasteiger partial charge in [-0.1, -0.05) is 24.3 Å². The Bertz CT molecular complexity index is 1940. The molecule has 1 fully saturated rings. The maximum absolute atomic E-state index is 13.9. The zero-order chi connectivity index (χ0) is 29.1. The predicted molar refractivity (Wildman–Crippen MR) is 145 cm³/mol. The van der Waals surface area contributed by atoms with Crippen molar-refractivity contribution in [2.45, 2.75) is 30.6 Å². The van der Waals surface area contributed by atoms with Gasteiger partial charge in [-0.25, -0.2) is 10.0 Å². The van der Waals surface area contributed by atoms with Gasteiger partial charge in [0.05, 0.1) is 39.8 Å². The van der Waals surface area contributed by atoms with Gasteiger partial charge >= 0.3 is 0 Å². The highest BCUT2D eigenvalue weighted by molar-refractivity contribution is 6.39. The molecule has 0 aliphatic carbocycles. The number of aromatic hydroxyl groups is 2. The molecule has 2 aromatic heterocycles. The highest BCUT2D eigenvalue weighted by Gasteiger charge is 2.47. The predicted octanol–water partition coefficient (Wildman–Crippen LogP) is 0.885. The minimum Gasteiger partial charge on any atom is -0.506 e. The van der Waals surface area contributed by atoms with Crippen LogP contribution in [0.15, 0.2) is 36.4 Å². The fraction of sp³-hybridized carbons (Fsp3) is 0.286. The van der Waals surface area contributed by atoms with Crippen LogP contribution in [0.4, 0.5) is 0 Å². The van der Waals surface area contributed by atoms with Crippen LogP contribution >= 0.6 is 0 Å². The van der Waals surface area contributed by atoms with Gasteiger partial charge in [0.1, 0.15) is 35.9 Å². The number of imide groups is 1. The first-order valence-electron chi connectivity index (χ1n) is 12.9. The van der Waals surface area contributed by atoms with Gasteiger partial charge in [0, 0.05) is 35.6 Å². The van der Waals surface area contributed by atoms with Gasteiger partial charge in [0.2, 0.25) is 0 Å². The van der Waals surface area contributed by atoms with Crippen molar-refractivity contribution in [1.82, 2.24) is 19.6 Å². The number of para-hydroxylation sites is 2. The second-order valence-corrected chi connectivity index (χ2v) is 10.6. The Labute approximate surface area is 230 Å². The molecule has 13 nitrogen and oxygen atoms in total. The van der Waals surface area contributed by atoms with E-state index in [1.807, 2.05) is 0 Å². The summed E-state index contributed by atoms with van der Waals surface area (Å²) in [4.78, 5) is 31.0. The molecule has 2 aliphatic rings. The molecular weight excluding hydrogens is 536 g/mol. The SMILES string of the molecule is CN(C)N1C(=O)c2c(c3c4cccc(O)c4n(C4OC(CO)[C@@H](O)C(O)C4O)c3c3[nH]c4c(O)cccc4c23)C1=O. The summed E-state index contributed by atoms with van der Waals surface area (Å²) < 4.78 is 7.32. The van der Waals surface area contributed by atoms with Crippen molar-refractivity contribution >= 4 is 55.4 Å². The Hall–Kier alpha value is -4.24.